The number of benzene rings is 1. The summed E-state index contributed by atoms with van der Waals surface area (Å²) in [5.74, 6) is 1.62. The van der Waals surface area contributed by atoms with E-state index in [0.717, 1.165) is 43.4 Å². The molecule has 4 nitrogen and oxygen atoms in total. The van der Waals surface area contributed by atoms with E-state index in [1.165, 1.54) is 18.5 Å². The van der Waals surface area contributed by atoms with Gasteiger partial charge in [0, 0.05) is 26.2 Å². The molecule has 106 valence electrons. The summed E-state index contributed by atoms with van der Waals surface area (Å²) in [4.78, 5) is 2.47. The average molecular weight is 263 g/mol. The van der Waals surface area contributed by atoms with Gasteiger partial charge >= 0.3 is 0 Å². The monoisotopic (exact) mass is 263 g/mol. The molecule has 1 fully saturated rings. The van der Waals surface area contributed by atoms with Crippen LogP contribution in [0.2, 0.25) is 0 Å². The summed E-state index contributed by atoms with van der Waals surface area (Å²) in [6.07, 6.45) is 3.68. The minimum atomic E-state index is 0.727. The Bertz CT molecular complexity index is 406. The van der Waals surface area contributed by atoms with Gasteiger partial charge in [-0.2, -0.15) is 0 Å². The maximum absolute atomic E-state index is 5.69. The lowest BCUT2D eigenvalue weighted by atomic mass is 9.94. The first-order valence-corrected chi connectivity index (χ1v) is 7.09. The fourth-order valence-electron chi connectivity index (χ4n) is 2.87. The number of nitrogens with zero attached hydrogens (tertiary/aromatic N) is 1. The Morgan fingerprint density at radius 3 is 3.00 bits per heavy atom. The molecule has 1 saturated heterocycles. The molecule has 1 aromatic carbocycles. The van der Waals surface area contributed by atoms with E-state index in [4.69, 9.17) is 10.5 Å². The molecule has 0 radical (unpaired) electrons. The Kier molecular flexibility index (Phi) is 4.91. The third-order valence-electron chi connectivity index (χ3n) is 3.91. The smallest absolute Gasteiger partial charge is 0.121 e. The van der Waals surface area contributed by atoms with Gasteiger partial charge in [0.1, 0.15) is 5.75 Å². The highest BCUT2D eigenvalue weighted by molar-refractivity contribution is 5.72. The number of methoxy groups -OCH3 is 1. The first-order valence-electron chi connectivity index (χ1n) is 7.09. The SMILES string of the molecule is CNc1cc(OC)ccc1N1CCCC(CCN)C1. The summed E-state index contributed by atoms with van der Waals surface area (Å²) in [5, 5.41) is 3.27. The quantitative estimate of drug-likeness (QED) is 0.856. The molecule has 0 saturated carbocycles. The third-order valence-corrected chi connectivity index (χ3v) is 3.91. The Hall–Kier alpha value is -1.42. The summed E-state index contributed by atoms with van der Waals surface area (Å²) in [7, 11) is 3.66. The average Bonchev–Trinajstić information content (AvgIpc) is 2.47. The van der Waals surface area contributed by atoms with Gasteiger partial charge in [-0.15, -0.1) is 0 Å². The molecule has 0 amide bonds. The molecule has 3 N–H and O–H groups in total. The normalized spacial score (nSPS) is 19.3. The van der Waals surface area contributed by atoms with Crippen molar-refractivity contribution in [3.8, 4) is 5.75 Å². The number of piperidine rings is 1. The summed E-state index contributed by atoms with van der Waals surface area (Å²) in [5.41, 5.74) is 8.09. The highest BCUT2D eigenvalue weighted by Crippen LogP contribution is 2.33. The van der Waals surface area contributed by atoms with E-state index in [2.05, 4.69) is 22.3 Å². The molecule has 1 heterocycles. The first kappa shape index (κ1) is 14.0. The minimum absolute atomic E-state index is 0.727. The van der Waals surface area contributed by atoms with Gasteiger partial charge in [-0.25, -0.2) is 0 Å². The van der Waals surface area contributed by atoms with Crippen molar-refractivity contribution < 1.29 is 4.74 Å². The van der Waals surface area contributed by atoms with Gasteiger partial charge in [0.25, 0.3) is 0 Å². The summed E-state index contributed by atoms with van der Waals surface area (Å²) in [6.45, 7) is 3.03. The van der Waals surface area contributed by atoms with Crippen molar-refractivity contribution in [3.63, 3.8) is 0 Å². The molecule has 1 aromatic rings. The molecule has 0 bridgehead atoms. The standard InChI is InChI=1S/C15H25N3O/c1-17-14-10-13(19-2)5-6-15(14)18-9-3-4-12(11-18)7-8-16/h5-6,10,12,17H,3-4,7-9,11,16H2,1-2H3. The second-order valence-electron chi connectivity index (χ2n) is 5.16. The second-order valence-corrected chi connectivity index (χ2v) is 5.16. The van der Waals surface area contributed by atoms with Gasteiger partial charge < -0.3 is 20.7 Å². The Balaban J connectivity index is 2.16. The number of hydrogen-bond acceptors (Lipinski definition) is 4. The fraction of sp³-hybridized carbons (Fsp3) is 0.600. The van der Waals surface area contributed by atoms with Crippen LogP contribution < -0.4 is 20.7 Å². The van der Waals surface area contributed by atoms with Crippen LogP contribution >= 0.6 is 0 Å². The van der Waals surface area contributed by atoms with E-state index in [1.54, 1.807) is 7.11 Å². The fourth-order valence-corrected chi connectivity index (χ4v) is 2.87. The first-order chi connectivity index (χ1) is 9.28. The summed E-state index contributed by atoms with van der Waals surface area (Å²) < 4.78 is 5.28. The lowest BCUT2D eigenvalue weighted by Gasteiger charge is -2.35. The number of nitrogens with two attached hydrogens (primary N) is 1. The molecule has 1 unspecified atom stereocenters. The molecule has 0 aliphatic carbocycles. The number of nitrogens with one attached hydrogen (secondary N) is 1. The summed E-state index contributed by atoms with van der Waals surface area (Å²) >= 11 is 0. The van der Waals surface area contributed by atoms with Crippen LogP contribution in [0.5, 0.6) is 5.75 Å². The maximum atomic E-state index is 5.69. The van der Waals surface area contributed by atoms with Crippen molar-refractivity contribution in [3.05, 3.63) is 18.2 Å². The van der Waals surface area contributed by atoms with Crippen molar-refractivity contribution in [2.45, 2.75) is 19.3 Å². The van der Waals surface area contributed by atoms with Crippen LogP contribution in [0, 0.1) is 5.92 Å². The number of rotatable bonds is 5. The molecular weight excluding hydrogens is 238 g/mol. The zero-order chi connectivity index (χ0) is 13.7. The van der Waals surface area contributed by atoms with E-state index in [0.29, 0.717) is 0 Å². The number of hydrogen-bond donors (Lipinski definition) is 2. The predicted molar refractivity (Wildman–Crippen MR) is 81.1 cm³/mol. The van der Waals surface area contributed by atoms with Gasteiger partial charge in [-0.05, 0) is 43.9 Å². The number of ether oxygens (including phenoxy) is 1. The van der Waals surface area contributed by atoms with Crippen molar-refractivity contribution in [2.24, 2.45) is 11.7 Å². The molecule has 19 heavy (non-hydrogen) atoms. The van der Waals surface area contributed by atoms with Crippen LogP contribution in [0.3, 0.4) is 0 Å². The van der Waals surface area contributed by atoms with Crippen molar-refractivity contribution >= 4 is 11.4 Å². The van der Waals surface area contributed by atoms with Crippen molar-refractivity contribution in [2.75, 3.05) is 44.0 Å². The van der Waals surface area contributed by atoms with Crippen LogP contribution in [0.4, 0.5) is 11.4 Å². The van der Waals surface area contributed by atoms with E-state index in [-0.39, 0.29) is 0 Å². The Morgan fingerprint density at radius 2 is 2.32 bits per heavy atom. The largest absolute Gasteiger partial charge is 0.497 e. The Labute approximate surface area is 115 Å². The van der Waals surface area contributed by atoms with E-state index in [1.807, 2.05) is 13.1 Å². The van der Waals surface area contributed by atoms with Crippen LogP contribution in [0.1, 0.15) is 19.3 Å². The molecule has 2 rings (SSSR count). The van der Waals surface area contributed by atoms with Gasteiger partial charge in [-0.1, -0.05) is 0 Å². The number of anilines is 2. The molecule has 0 aromatic heterocycles. The minimum Gasteiger partial charge on any atom is -0.497 e. The maximum Gasteiger partial charge on any atom is 0.121 e. The van der Waals surface area contributed by atoms with Crippen LogP contribution in [-0.2, 0) is 0 Å². The van der Waals surface area contributed by atoms with E-state index >= 15 is 0 Å². The Morgan fingerprint density at radius 1 is 1.47 bits per heavy atom. The lowest BCUT2D eigenvalue weighted by molar-refractivity contribution is 0.395. The van der Waals surface area contributed by atoms with Crippen molar-refractivity contribution in [1.29, 1.82) is 0 Å². The zero-order valence-electron chi connectivity index (χ0n) is 12.0. The molecule has 1 aliphatic heterocycles. The molecule has 1 atom stereocenters. The third kappa shape index (κ3) is 3.32. The van der Waals surface area contributed by atoms with Gasteiger partial charge in [0.2, 0.25) is 0 Å². The topological polar surface area (TPSA) is 50.5 Å². The zero-order valence-corrected chi connectivity index (χ0v) is 12.0. The molecule has 0 spiro atoms. The van der Waals surface area contributed by atoms with Gasteiger partial charge in [0.15, 0.2) is 0 Å². The highest BCUT2D eigenvalue weighted by Gasteiger charge is 2.21. The molecule has 1 aliphatic rings. The van der Waals surface area contributed by atoms with Crippen LogP contribution in [0.25, 0.3) is 0 Å². The molecular formula is C15H25N3O. The van der Waals surface area contributed by atoms with Crippen molar-refractivity contribution in [1.82, 2.24) is 0 Å². The summed E-state index contributed by atoms with van der Waals surface area (Å²) in [6, 6.07) is 6.24. The van der Waals surface area contributed by atoms with Gasteiger partial charge in [0.05, 0.1) is 18.5 Å². The predicted octanol–water partition coefficient (Wildman–Crippen LogP) is 2.30. The van der Waals surface area contributed by atoms with Gasteiger partial charge in [-0.3, -0.25) is 0 Å². The van der Waals surface area contributed by atoms with Crippen LogP contribution in [-0.4, -0.2) is 33.8 Å². The lowest BCUT2D eigenvalue weighted by Crippen LogP contribution is -2.36. The van der Waals surface area contributed by atoms with Crippen LogP contribution in [0.15, 0.2) is 18.2 Å². The highest BCUT2D eigenvalue weighted by atomic mass is 16.5. The molecule has 4 heteroatoms. The van der Waals surface area contributed by atoms with E-state index < -0.39 is 0 Å². The second kappa shape index (κ2) is 6.66. The van der Waals surface area contributed by atoms with E-state index in [9.17, 15) is 0 Å².